The van der Waals surface area contributed by atoms with Gasteiger partial charge in [-0.05, 0) is 44.9 Å². The molecule has 0 fully saturated rings. The van der Waals surface area contributed by atoms with E-state index in [0.29, 0.717) is 25.9 Å². The van der Waals surface area contributed by atoms with E-state index in [1.165, 1.54) is 218 Å². The summed E-state index contributed by atoms with van der Waals surface area (Å²) in [5, 5.41) is 23.3. The van der Waals surface area contributed by atoms with Crippen molar-refractivity contribution in [3.63, 3.8) is 0 Å². The maximum atomic E-state index is 12.5. The first-order valence-electron chi connectivity index (χ1n) is 27.4. The van der Waals surface area contributed by atoms with Crippen LogP contribution in [0.4, 0.5) is 0 Å². The Morgan fingerprint density at radius 1 is 0.443 bits per heavy atom. The summed E-state index contributed by atoms with van der Waals surface area (Å²) in [6.07, 6.45) is 59.0. The minimum Gasteiger partial charge on any atom is -0.466 e. The van der Waals surface area contributed by atoms with Gasteiger partial charge in [0.2, 0.25) is 5.91 Å². The number of unbranched alkanes of at least 4 members (excludes halogenated alkanes) is 38. The lowest BCUT2D eigenvalue weighted by Crippen LogP contribution is -2.45. The maximum absolute atomic E-state index is 12.5. The molecule has 0 bridgehead atoms. The molecule has 0 aromatic heterocycles. The van der Waals surface area contributed by atoms with Gasteiger partial charge in [0.25, 0.3) is 0 Å². The highest BCUT2D eigenvalue weighted by Gasteiger charge is 2.20. The molecule has 2 unspecified atom stereocenters. The molecule has 0 spiro atoms. The van der Waals surface area contributed by atoms with Crippen molar-refractivity contribution in [3.8, 4) is 0 Å². The molecular weight excluding hydrogens is 755 g/mol. The fourth-order valence-corrected chi connectivity index (χ4v) is 8.56. The fourth-order valence-electron chi connectivity index (χ4n) is 8.56. The van der Waals surface area contributed by atoms with Crippen molar-refractivity contribution in [2.24, 2.45) is 0 Å². The zero-order valence-corrected chi connectivity index (χ0v) is 41.2. The molecule has 6 nitrogen and oxygen atoms in total. The Labute approximate surface area is 380 Å². The van der Waals surface area contributed by atoms with E-state index in [1.807, 2.05) is 0 Å². The molecule has 0 heterocycles. The van der Waals surface area contributed by atoms with Gasteiger partial charge in [0.15, 0.2) is 0 Å². The summed E-state index contributed by atoms with van der Waals surface area (Å²) >= 11 is 0. The highest BCUT2D eigenvalue weighted by atomic mass is 16.5. The minimum absolute atomic E-state index is 0.0126. The summed E-state index contributed by atoms with van der Waals surface area (Å²) in [6, 6.07) is -0.549. The SMILES string of the molecule is CCCC/C=C\CCCCCCCC(=O)OCCCCCCCCCCCCCCCCC(=O)NC(CO)C(O)CCCCCCCCCCCCCCCCCCCCC. The average molecular weight is 862 g/mol. The number of aliphatic hydroxyl groups excluding tert-OH is 2. The summed E-state index contributed by atoms with van der Waals surface area (Å²) in [4.78, 5) is 24.5. The number of aliphatic hydroxyl groups is 2. The van der Waals surface area contributed by atoms with Crippen LogP contribution in [-0.4, -0.2) is 47.4 Å². The predicted molar refractivity (Wildman–Crippen MR) is 264 cm³/mol. The highest BCUT2D eigenvalue weighted by molar-refractivity contribution is 5.76. The van der Waals surface area contributed by atoms with E-state index in [9.17, 15) is 19.8 Å². The van der Waals surface area contributed by atoms with Gasteiger partial charge < -0.3 is 20.3 Å². The third-order valence-electron chi connectivity index (χ3n) is 12.8. The van der Waals surface area contributed by atoms with Crippen molar-refractivity contribution >= 4 is 11.9 Å². The van der Waals surface area contributed by atoms with Gasteiger partial charge in [0, 0.05) is 12.8 Å². The van der Waals surface area contributed by atoms with E-state index in [-0.39, 0.29) is 18.5 Å². The summed E-state index contributed by atoms with van der Waals surface area (Å²) in [6.45, 7) is 4.91. The van der Waals surface area contributed by atoms with Crippen LogP contribution in [0.2, 0.25) is 0 Å². The van der Waals surface area contributed by atoms with Gasteiger partial charge in [-0.1, -0.05) is 257 Å². The van der Waals surface area contributed by atoms with Gasteiger partial charge in [-0.2, -0.15) is 0 Å². The molecule has 61 heavy (non-hydrogen) atoms. The maximum Gasteiger partial charge on any atom is 0.305 e. The number of carbonyl (C=O) groups is 2. The highest BCUT2D eigenvalue weighted by Crippen LogP contribution is 2.17. The second kappa shape index (κ2) is 51.2. The monoisotopic (exact) mass is 862 g/mol. The Kier molecular flexibility index (Phi) is 50.1. The van der Waals surface area contributed by atoms with E-state index in [4.69, 9.17) is 4.74 Å². The van der Waals surface area contributed by atoms with Crippen LogP contribution < -0.4 is 5.32 Å². The summed E-state index contributed by atoms with van der Waals surface area (Å²) in [7, 11) is 0. The van der Waals surface area contributed by atoms with Crippen LogP contribution in [0, 0.1) is 0 Å². The Morgan fingerprint density at radius 3 is 1.21 bits per heavy atom. The third-order valence-corrected chi connectivity index (χ3v) is 12.8. The molecule has 0 aromatic rings. The second-order valence-corrected chi connectivity index (χ2v) is 18.9. The van der Waals surface area contributed by atoms with E-state index >= 15 is 0 Å². The summed E-state index contributed by atoms with van der Waals surface area (Å²) in [5.74, 6) is -0.0559. The van der Waals surface area contributed by atoms with Crippen molar-refractivity contribution in [2.45, 2.75) is 315 Å². The standard InChI is InChI=1S/C55H107NO5/c1-3-5-7-9-11-13-15-16-17-18-19-20-21-24-28-31-35-39-43-47-53(58)52(51-57)56-54(59)48-44-40-36-32-29-25-22-23-26-30-34-38-42-46-50-61-55(60)49-45-41-37-33-27-14-12-10-8-6-4-2/h10,12,52-53,57-58H,3-9,11,13-51H2,1-2H3,(H,56,59)/b12-10-. The number of carbonyl (C=O) groups excluding carboxylic acids is 2. The van der Waals surface area contributed by atoms with Gasteiger partial charge in [-0.25, -0.2) is 0 Å². The van der Waals surface area contributed by atoms with Crippen LogP contribution in [0.1, 0.15) is 303 Å². The van der Waals surface area contributed by atoms with Crippen molar-refractivity contribution in [3.05, 3.63) is 12.2 Å². The van der Waals surface area contributed by atoms with Gasteiger partial charge >= 0.3 is 5.97 Å². The quantitative estimate of drug-likeness (QED) is 0.0322. The smallest absolute Gasteiger partial charge is 0.305 e. The Bertz CT molecular complexity index is 909. The number of ether oxygens (including phenoxy) is 1. The Balaban J connectivity index is 3.45. The molecule has 0 aliphatic carbocycles. The molecule has 0 aliphatic rings. The predicted octanol–water partition coefficient (Wildman–Crippen LogP) is 16.5. The number of hydrogen-bond donors (Lipinski definition) is 3. The third kappa shape index (κ3) is 47.9. The average Bonchev–Trinajstić information content (AvgIpc) is 3.26. The summed E-state index contributed by atoms with van der Waals surface area (Å²) < 4.78 is 5.44. The van der Waals surface area contributed by atoms with Crippen LogP contribution >= 0.6 is 0 Å². The zero-order valence-electron chi connectivity index (χ0n) is 41.2. The Hall–Kier alpha value is -1.40. The molecule has 0 rings (SSSR count). The number of amides is 1. The molecule has 0 saturated carbocycles. The normalized spacial score (nSPS) is 12.7. The van der Waals surface area contributed by atoms with Gasteiger partial charge in [-0.3, -0.25) is 9.59 Å². The topological polar surface area (TPSA) is 95.9 Å². The van der Waals surface area contributed by atoms with E-state index in [2.05, 4.69) is 31.3 Å². The number of allylic oxidation sites excluding steroid dienone is 2. The molecule has 0 aliphatic heterocycles. The zero-order chi connectivity index (χ0) is 44.4. The van der Waals surface area contributed by atoms with Crippen molar-refractivity contribution < 1.29 is 24.5 Å². The molecule has 6 heteroatoms. The van der Waals surface area contributed by atoms with Crippen LogP contribution in [0.3, 0.4) is 0 Å². The second-order valence-electron chi connectivity index (χ2n) is 18.9. The van der Waals surface area contributed by atoms with E-state index in [0.717, 1.165) is 51.4 Å². The molecular formula is C55H107NO5. The molecule has 2 atom stereocenters. The van der Waals surface area contributed by atoms with Gasteiger partial charge in [0.05, 0.1) is 25.4 Å². The lowest BCUT2D eigenvalue weighted by Gasteiger charge is -2.22. The van der Waals surface area contributed by atoms with Crippen molar-refractivity contribution in [1.82, 2.24) is 5.32 Å². The van der Waals surface area contributed by atoms with E-state index < -0.39 is 12.1 Å². The summed E-state index contributed by atoms with van der Waals surface area (Å²) in [5.41, 5.74) is 0. The number of esters is 1. The largest absolute Gasteiger partial charge is 0.466 e. The molecule has 0 radical (unpaired) electrons. The lowest BCUT2D eigenvalue weighted by atomic mass is 10.0. The number of nitrogens with one attached hydrogen (secondary N) is 1. The van der Waals surface area contributed by atoms with Crippen molar-refractivity contribution in [2.75, 3.05) is 13.2 Å². The number of hydrogen-bond acceptors (Lipinski definition) is 5. The molecule has 0 aromatic carbocycles. The minimum atomic E-state index is -0.671. The van der Waals surface area contributed by atoms with Crippen LogP contribution in [-0.2, 0) is 14.3 Å². The molecule has 3 N–H and O–H groups in total. The fraction of sp³-hybridized carbons (Fsp3) is 0.927. The lowest BCUT2D eigenvalue weighted by molar-refractivity contribution is -0.143. The first-order chi connectivity index (χ1) is 30.0. The number of rotatable bonds is 51. The van der Waals surface area contributed by atoms with Gasteiger partial charge in [-0.15, -0.1) is 0 Å². The molecule has 0 saturated heterocycles. The Morgan fingerprint density at radius 2 is 0.787 bits per heavy atom. The van der Waals surface area contributed by atoms with Crippen LogP contribution in [0.5, 0.6) is 0 Å². The first-order valence-corrected chi connectivity index (χ1v) is 27.4. The van der Waals surface area contributed by atoms with Gasteiger partial charge in [0.1, 0.15) is 0 Å². The van der Waals surface area contributed by atoms with E-state index in [1.54, 1.807) is 0 Å². The van der Waals surface area contributed by atoms with Crippen LogP contribution in [0.25, 0.3) is 0 Å². The molecule has 362 valence electrons. The van der Waals surface area contributed by atoms with Crippen LogP contribution in [0.15, 0.2) is 12.2 Å². The first kappa shape index (κ1) is 59.6. The molecule has 1 amide bonds. The van der Waals surface area contributed by atoms with Crippen molar-refractivity contribution in [1.29, 1.82) is 0 Å².